The van der Waals surface area contributed by atoms with Gasteiger partial charge in [-0.15, -0.1) is 0 Å². The van der Waals surface area contributed by atoms with Gasteiger partial charge in [0.05, 0.1) is 19.1 Å². The third kappa shape index (κ3) is 5.20. The number of amides is 2. The van der Waals surface area contributed by atoms with E-state index in [1.54, 1.807) is 28.6 Å². The second-order valence-electron chi connectivity index (χ2n) is 5.06. The minimum absolute atomic E-state index is 0.0442. The summed E-state index contributed by atoms with van der Waals surface area (Å²) in [4.78, 5) is 26.5. The Hall–Kier alpha value is -0.950. The molecule has 6 nitrogen and oxygen atoms in total. The van der Waals surface area contributed by atoms with Crippen LogP contribution in [0.3, 0.4) is 0 Å². The van der Waals surface area contributed by atoms with Crippen LogP contribution in [0.25, 0.3) is 0 Å². The molecule has 2 unspecified atom stereocenters. The fourth-order valence-corrected chi connectivity index (χ4v) is 2.68. The number of carbonyl (C=O) groups is 2. The van der Waals surface area contributed by atoms with Gasteiger partial charge in [-0.3, -0.25) is 4.79 Å². The average molecular weight is 304 g/mol. The first kappa shape index (κ1) is 17.1. The number of rotatable bonds is 6. The Kier molecular flexibility index (Phi) is 7.15. The fourth-order valence-electron chi connectivity index (χ4n) is 2.11. The number of morpholine rings is 1. The summed E-state index contributed by atoms with van der Waals surface area (Å²) in [6.07, 6.45) is 2.54. The summed E-state index contributed by atoms with van der Waals surface area (Å²) in [6.45, 7) is 3.30. The highest BCUT2D eigenvalue weighted by Gasteiger charge is 2.28. The van der Waals surface area contributed by atoms with Crippen LogP contribution in [0.4, 0.5) is 4.79 Å². The zero-order valence-corrected chi connectivity index (χ0v) is 13.2. The lowest BCUT2D eigenvalue weighted by Gasteiger charge is -2.36. The lowest BCUT2D eigenvalue weighted by molar-refractivity contribution is -0.141. The highest BCUT2D eigenvalue weighted by atomic mass is 32.2. The molecule has 7 heteroatoms. The van der Waals surface area contributed by atoms with Crippen molar-refractivity contribution in [3.63, 3.8) is 0 Å². The molecular formula is C13H24N2O4S. The first-order valence-electron chi connectivity index (χ1n) is 6.79. The molecule has 0 saturated carbocycles. The van der Waals surface area contributed by atoms with Gasteiger partial charge < -0.3 is 19.6 Å². The van der Waals surface area contributed by atoms with Gasteiger partial charge in [0.25, 0.3) is 0 Å². The smallest absolute Gasteiger partial charge is 0.320 e. The van der Waals surface area contributed by atoms with Crippen LogP contribution in [-0.4, -0.2) is 77.8 Å². The molecular weight excluding hydrogens is 280 g/mol. The number of carboxylic acids is 1. The summed E-state index contributed by atoms with van der Waals surface area (Å²) >= 11 is 1.77. The highest BCUT2D eigenvalue weighted by Crippen LogP contribution is 2.13. The Morgan fingerprint density at radius 1 is 1.55 bits per heavy atom. The number of carbonyl (C=O) groups excluding carboxylic acids is 1. The topological polar surface area (TPSA) is 70.1 Å². The molecule has 0 radical (unpaired) electrons. The van der Waals surface area contributed by atoms with Crippen LogP contribution >= 0.6 is 11.8 Å². The lowest BCUT2D eigenvalue weighted by atomic mass is 10.2. The van der Waals surface area contributed by atoms with E-state index in [1.807, 2.05) is 13.2 Å². The molecule has 116 valence electrons. The Morgan fingerprint density at radius 3 is 2.85 bits per heavy atom. The maximum Gasteiger partial charge on any atom is 0.320 e. The van der Waals surface area contributed by atoms with Gasteiger partial charge in [0.2, 0.25) is 0 Å². The van der Waals surface area contributed by atoms with E-state index in [0.29, 0.717) is 19.7 Å². The van der Waals surface area contributed by atoms with Crippen molar-refractivity contribution in [2.24, 2.45) is 0 Å². The molecule has 0 aromatic rings. The van der Waals surface area contributed by atoms with E-state index >= 15 is 0 Å². The van der Waals surface area contributed by atoms with Gasteiger partial charge in [-0.2, -0.15) is 11.8 Å². The van der Waals surface area contributed by atoms with Gasteiger partial charge in [0.1, 0.15) is 0 Å². The van der Waals surface area contributed by atoms with Crippen LogP contribution in [0.15, 0.2) is 0 Å². The molecule has 1 N–H and O–H groups in total. The van der Waals surface area contributed by atoms with Crippen LogP contribution in [0.2, 0.25) is 0 Å². The van der Waals surface area contributed by atoms with Crippen molar-refractivity contribution in [2.45, 2.75) is 31.9 Å². The molecule has 0 aliphatic carbocycles. The zero-order chi connectivity index (χ0) is 15.1. The first-order valence-corrected chi connectivity index (χ1v) is 8.19. The van der Waals surface area contributed by atoms with E-state index in [0.717, 1.165) is 12.2 Å². The molecule has 0 aromatic carbocycles. The maximum absolute atomic E-state index is 12.4. The summed E-state index contributed by atoms with van der Waals surface area (Å²) in [5.74, 6) is 0.120. The molecule has 1 heterocycles. The van der Waals surface area contributed by atoms with Gasteiger partial charge in [0, 0.05) is 26.2 Å². The zero-order valence-electron chi connectivity index (χ0n) is 12.4. The van der Waals surface area contributed by atoms with Gasteiger partial charge in [-0.05, 0) is 25.4 Å². The molecule has 1 fully saturated rings. The second-order valence-corrected chi connectivity index (χ2v) is 6.05. The first-order chi connectivity index (χ1) is 9.45. The quantitative estimate of drug-likeness (QED) is 0.802. The van der Waals surface area contributed by atoms with E-state index in [1.165, 1.54) is 0 Å². The van der Waals surface area contributed by atoms with Crippen molar-refractivity contribution < 1.29 is 19.4 Å². The molecule has 1 rings (SSSR count). The SMILES string of the molecule is CSCCC(C)N(C)C(=O)N1CCOC(CC(=O)O)C1. The van der Waals surface area contributed by atoms with Gasteiger partial charge >= 0.3 is 12.0 Å². The van der Waals surface area contributed by atoms with Crippen molar-refractivity contribution in [2.75, 3.05) is 38.8 Å². The Bertz CT molecular complexity index is 340. The van der Waals surface area contributed by atoms with E-state index in [2.05, 4.69) is 0 Å². The number of nitrogens with zero attached hydrogens (tertiary/aromatic N) is 2. The maximum atomic E-state index is 12.4. The normalized spacial score (nSPS) is 20.6. The predicted octanol–water partition coefficient (Wildman–Crippen LogP) is 1.36. The standard InChI is InChI=1S/C13H24N2O4S/c1-10(4-7-20-3)14(2)13(18)15-5-6-19-11(9-15)8-12(16)17/h10-11H,4-9H2,1-3H3,(H,16,17). The molecule has 1 aliphatic rings. The number of hydrogen-bond donors (Lipinski definition) is 1. The largest absolute Gasteiger partial charge is 0.481 e. The van der Waals surface area contributed by atoms with E-state index in [4.69, 9.17) is 9.84 Å². The minimum Gasteiger partial charge on any atom is -0.481 e. The molecule has 1 saturated heterocycles. The van der Waals surface area contributed by atoms with Gasteiger partial charge in [-0.1, -0.05) is 0 Å². The highest BCUT2D eigenvalue weighted by molar-refractivity contribution is 7.98. The summed E-state index contributed by atoms with van der Waals surface area (Å²) in [5.41, 5.74) is 0. The number of urea groups is 1. The van der Waals surface area contributed by atoms with Crippen molar-refractivity contribution in [1.29, 1.82) is 0 Å². The summed E-state index contributed by atoms with van der Waals surface area (Å²) in [5, 5.41) is 8.79. The number of thioether (sulfide) groups is 1. The Labute approximate surface area is 124 Å². The minimum atomic E-state index is -0.897. The predicted molar refractivity (Wildman–Crippen MR) is 79.2 cm³/mol. The van der Waals surface area contributed by atoms with Gasteiger partial charge in [0.15, 0.2) is 0 Å². The summed E-state index contributed by atoms with van der Waals surface area (Å²) in [6, 6.07) is 0.132. The molecule has 0 bridgehead atoms. The third-order valence-electron chi connectivity index (χ3n) is 3.51. The number of aliphatic carboxylic acids is 1. The summed E-state index contributed by atoms with van der Waals surface area (Å²) in [7, 11) is 1.80. The average Bonchev–Trinajstić information content (AvgIpc) is 2.42. The van der Waals surface area contributed by atoms with Crippen molar-refractivity contribution in [1.82, 2.24) is 9.80 Å². The Morgan fingerprint density at radius 2 is 2.25 bits per heavy atom. The van der Waals surface area contributed by atoms with Crippen molar-refractivity contribution >= 4 is 23.8 Å². The van der Waals surface area contributed by atoms with Crippen molar-refractivity contribution in [3.8, 4) is 0 Å². The van der Waals surface area contributed by atoms with Crippen molar-refractivity contribution in [3.05, 3.63) is 0 Å². The molecule has 1 aliphatic heterocycles. The fraction of sp³-hybridized carbons (Fsp3) is 0.846. The van der Waals surface area contributed by atoms with E-state index in [-0.39, 0.29) is 18.5 Å². The Balaban J connectivity index is 2.50. The van der Waals surface area contributed by atoms with E-state index in [9.17, 15) is 9.59 Å². The van der Waals surface area contributed by atoms with Crippen LogP contribution < -0.4 is 0 Å². The van der Waals surface area contributed by atoms with Gasteiger partial charge in [-0.25, -0.2) is 4.79 Å². The van der Waals surface area contributed by atoms with Crippen LogP contribution in [0.5, 0.6) is 0 Å². The monoisotopic (exact) mass is 304 g/mol. The second kappa shape index (κ2) is 8.36. The number of hydrogen-bond acceptors (Lipinski definition) is 4. The molecule has 2 amide bonds. The third-order valence-corrected chi connectivity index (χ3v) is 4.16. The number of ether oxygens (including phenoxy) is 1. The lowest BCUT2D eigenvalue weighted by Crippen LogP contribution is -2.52. The molecule has 0 spiro atoms. The van der Waals surface area contributed by atoms with Crippen LogP contribution in [0.1, 0.15) is 19.8 Å². The van der Waals surface area contributed by atoms with Crippen LogP contribution in [-0.2, 0) is 9.53 Å². The van der Waals surface area contributed by atoms with E-state index < -0.39 is 12.1 Å². The molecule has 2 atom stereocenters. The summed E-state index contributed by atoms with van der Waals surface area (Å²) < 4.78 is 5.38. The molecule has 0 aromatic heterocycles. The van der Waals surface area contributed by atoms with Crippen LogP contribution in [0, 0.1) is 0 Å². The molecule has 20 heavy (non-hydrogen) atoms. The number of carboxylic acid groups (broad SMARTS) is 1.